The maximum Gasteiger partial charge on any atom is 0.259 e. The van der Waals surface area contributed by atoms with Crippen molar-refractivity contribution in [3.63, 3.8) is 0 Å². The third kappa shape index (κ3) is 3.70. The molecule has 30 heavy (non-hydrogen) atoms. The van der Waals surface area contributed by atoms with Gasteiger partial charge in [0.25, 0.3) is 5.56 Å². The molecule has 0 saturated carbocycles. The Bertz CT molecular complexity index is 1080. The number of rotatable bonds is 4. The molecule has 8 nitrogen and oxygen atoms in total. The van der Waals surface area contributed by atoms with Crippen molar-refractivity contribution in [1.29, 1.82) is 0 Å². The number of hydrogen-bond donors (Lipinski definition) is 3. The lowest BCUT2D eigenvalue weighted by Gasteiger charge is -2.31. The Morgan fingerprint density at radius 1 is 1.07 bits per heavy atom. The van der Waals surface area contributed by atoms with Gasteiger partial charge in [-0.1, -0.05) is 0 Å². The molecule has 3 aromatic rings. The molecule has 2 fully saturated rings. The number of aliphatic hydroxyl groups is 1. The second-order valence-electron chi connectivity index (χ2n) is 8.03. The SMILES string of the molecule is O=c1[nH]ccc2nc(N3CCCC3)cc(Nc3ccc(N4CCC(O)CC4)cn3)c12. The monoisotopic (exact) mass is 406 g/mol. The summed E-state index contributed by atoms with van der Waals surface area (Å²) in [4.78, 5) is 29.0. The number of pyridine rings is 3. The number of anilines is 4. The molecule has 0 aliphatic carbocycles. The molecule has 3 aromatic heterocycles. The van der Waals surface area contributed by atoms with Crippen LogP contribution in [0.1, 0.15) is 25.7 Å². The van der Waals surface area contributed by atoms with Crippen LogP contribution in [0.25, 0.3) is 10.9 Å². The minimum absolute atomic E-state index is 0.168. The minimum atomic E-state index is -0.196. The average molecular weight is 406 g/mol. The lowest BCUT2D eigenvalue weighted by atomic mass is 10.1. The molecule has 0 bridgehead atoms. The van der Waals surface area contributed by atoms with Gasteiger partial charge in [-0.3, -0.25) is 4.79 Å². The number of aromatic nitrogens is 3. The van der Waals surface area contributed by atoms with Crippen LogP contribution in [0.3, 0.4) is 0 Å². The molecular weight excluding hydrogens is 380 g/mol. The number of H-pyrrole nitrogens is 1. The number of aromatic amines is 1. The zero-order valence-electron chi connectivity index (χ0n) is 16.8. The first-order valence-corrected chi connectivity index (χ1v) is 10.6. The summed E-state index contributed by atoms with van der Waals surface area (Å²) in [5.74, 6) is 1.57. The van der Waals surface area contributed by atoms with Crippen LogP contribution in [0, 0.1) is 0 Å². The van der Waals surface area contributed by atoms with Gasteiger partial charge in [0.15, 0.2) is 0 Å². The van der Waals surface area contributed by atoms with Gasteiger partial charge in [-0.25, -0.2) is 9.97 Å². The summed E-state index contributed by atoms with van der Waals surface area (Å²) < 4.78 is 0. The predicted molar refractivity (Wildman–Crippen MR) is 119 cm³/mol. The van der Waals surface area contributed by atoms with Crippen molar-refractivity contribution < 1.29 is 5.11 Å². The van der Waals surface area contributed by atoms with Crippen LogP contribution in [0.4, 0.5) is 23.0 Å². The van der Waals surface area contributed by atoms with E-state index < -0.39 is 0 Å². The topological polar surface area (TPSA) is 97.4 Å². The molecular formula is C22H26N6O2. The van der Waals surface area contributed by atoms with Gasteiger partial charge in [-0.15, -0.1) is 0 Å². The fourth-order valence-corrected chi connectivity index (χ4v) is 4.29. The van der Waals surface area contributed by atoms with Crippen LogP contribution >= 0.6 is 0 Å². The van der Waals surface area contributed by atoms with Crippen molar-refractivity contribution in [1.82, 2.24) is 15.0 Å². The van der Waals surface area contributed by atoms with Crippen LogP contribution in [-0.4, -0.2) is 52.3 Å². The molecule has 2 aliphatic heterocycles. The Labute approximate surface area is 174 Å². The van der Waals surface area contributed by atoms with Gasteiger partial charge in [0.05, 0.1) is 34.6 Å². The van der Waals surface area contributed by atoms with E-state index in [1.165, 1.54) is 0 Å². The molecule has 156 valence electrons. The van der Waals surface area contributed by atoms with E-state index in [9.17, 15) is 9.90 Å². The molecule has 0 spiro atoms. The van der Waals surface area contributed by atoms with Crippen LogP contribution in [0.2, 0.25) is 0 Å². The number of nitrogens with one attached hydrogen (secondary N) is 2. The molecule has 0 unspecified atom stereocenters. The van der Waals surface area contributed by atoms with E-state index in [4.69, 9.17) is 4.98 Å². The van der Waals surface area contributed by atoms with Gasteiger partial charge in [-0.2, -0.15) is 0 Å². The zero-order chi connectivity index (χ0) is 20.5. The Kier molecular flexibility index (Phi) is 5.00. The van der Waals surface area contributed by atoms with E-state index in [1.54, 1.807) is 6.20 Å². The first-order valence-electron chi connectivity index (χ1n) is 10.6. The van der Waals surface area contributed by atoms with Gasteiger partial charge in [0, 0.05) is 38.4 Å². The van der Waals surface area contributed by atoms with Gasteiger partial charge >= 0.3 is 0 Å². The molecule has 2 saturated heterocycles. The quantitative estimate of drug-likeness (QED) is 0.613. The van der Waals surface area contributed by atoms with E-state index in [-0.39, 0.29) is 11.7 Å². The van der Waals surface area contributed by atoms with E-state index >= 15 is 0 Å². The Balaban J connectivity index is 1.45. The summed E-state index contributed by atoms with van der Waals surface area (Å²) in [5, 5.41) is 13.6. The van der Waals surface area contributed by atoms with Crippen molar-refractivity contribution >= 4 is 33.9 Å². The van der Waals surface area contributed by atoms with Gasteiger partial charge in [-0.05, 0) is 43.9 Å². The maximum atomic E-state index is 12.5. The fraction of sp³-hybridized carbons (Fsp3) is 0.409. The number of fused-ring (bicyclic) bond motifs is 1. The summed E-state index contributed by atoms with van der Waals surface area (Å²) in [5.41, 5.74) is 2.26. The second-order valence-corrected chi connectivity index (χ2v) is 8.03. The van der Waals surface area contributed by atoms with Crippen molar-refractivity contribution in [2.45, 2.75) is 31.8 Å². The molecule has 0 atom stereocenters. The summed E-state index contributed by atoms with van der Waals surface area (Å²) in [6, 6.07) is 7.74. The number of aliphatic hydroxyl groups excluding tert-OH is 1. The van der Waals surface area contributed by atoms with Gasteiger partial charge < -0.3 is 25.2 Å². The lowest BCUT2D eigenvalue weighted by Crippen LogP contribution is -2.35. The van der Waals surface area contributed by atoms with E-state index in [2.05, 4.69) is 25.1 Å². The highest BCUT2D eigenvalue weighted by molar-refractivity contribution is 5.93. The highest BCUT2D eigenvalue weighted by Crippen LogP contribution is 2.29. The van der Waals surface area contributed by atoms with Gasteiger partial charge in [0.1, 0.15) is 11.6 Å². The normalized spacial score (nSPS) is 17.6. The van der Waals surface area contributed by atoms with E-state index in [0.29, 0.717) is 22.4 Å². The summed E-state index contributed by atoms with van der Waals surface area (Å²) in [6.07, 6.45) is 7.17. The van der Waals surface area contributed by atoms with E-state index in [0.717, 1.165) is 63.4 Å². The lowest BCUT2D eigenvalue weighted by molar-refractivity contribution is 0.145. The third-order valence-corrected chi connectivity index (χ3v) is 5.99. The van der Waals surface area contributed by atoms with Crippen LogP contribution in [0.15, 0.2) is 41.5 Å². The molecule has 0 aromatic carbocycles. The molecule has 3 N–H and O–H groups in total. The van der Waals surface area contributed by atoms with Crippen molar-refractivity contribution in [3.05, 3.63) is 47.0 Å². The second kappa shape index (κ2) is 7.95. The number of nitrogens with zero attached hydrogens (tertiary/aromatic N) is 4. The average Bonchev–Trinajstić information content (AvgIpc) is 3.30. The van der Waals surface area contributed by atoms with Gasteiger partial charge in [0.2, 0.25) is 0 Å². The smallest absolute Gasteiger partial charge is 0.259 e. The molecule has 2 aliphatic rings. The Morgan fingerprint density at radius 2 is 1.87 bits per heavy atom. The standard InChI is InChI=1S/C22H26N6O2/c29-16-6-11-27(12-7-16)15-3-4-19(24-14-15)25-18-13-20(28-9-1-2-10-28)26-17-5-8-23-22(30)21(17)18/h3-5,8,13-14,16,29H,1-2,6-7,9-12H2,(H,23,30)(H,24,25,26). The Morgan fingerprint density at radius 3 is 2.60 bits per heavy atom. The van der Waals surface area contributed by atoms with Crippen LogP contribution in [0.5, 0.6) is 0 Å². The number of piperidine rings is 1. The molecule has 5 rings (SSSR count). The van der Waals surface area contributed by atoms with Crippen molar-refractivity contribution in [2.75, 3.05) is 41.3 Å². The molecule has 0 amide bonds. The largest absolute Gasteiger partial charge is 0.393 e. The molecule has 0 radical (unpaired) electrons. The summed E-state index contributed by atoms with van der Waals surface area (Å²) in [6.45, 7) is 3.63. The molecule has 8 heteroatoms. The maximum absolute atomic E-state index is 12.5. The minimum Gasteiger partial charge on any atom is -0.393 e. The first kappa shape index (κ1) is 18.9. The third-order valence-electron chi connectivity index (χ3n) is 5.99. The van der Waals surface area contributed by atoms with Crippen molar-refractivity contribution in [2.24, 2.45) is 0 Å². The van der Waals surface area contributed by atoms with Crippen LogP contribution in [-0.2, 0) is 0 Å². The summed E-state index contributed by atoms with van der Waals surface area (Å²) in [7, 11) is 0. The van der Waals surface area contributed by atoms with E-state index in [1.807, 2.05) is 30.5 Å². The zero-order valence-corrected chi connectivity index (χ0v) is 16.8. The fourth-order valence-electron chi connectivity index (χ4n) is 4.29. The molecule has 5 heterocycles. The van der Waals surface area contributed by atoms with Crippen molar-refractivity contribution in [3.8, 4) is 0 Å². The highest BCUT2D eigenvalue weighted by Gasteiger charge is 2.19. The first-order chi connectivity index (χ1) is 14.7. The summed E-state index contributed by atoms with van der Waals surface area (Å²) >= 11 is 0. The Hall–Kier alpha value is -3.13. The van der Waals surface area contributed by atoms with Crippen LogP contribution < -0.4 is 20.7 Å². The highest BCUT2D eigenvalue weighted by atomic mass is 16.3. The number of hydrogen-bond acceptors (Lipinski definition) is 7. The predicted octanol–water partition coefficient (Wildman–Crippen LogP) is 2.62.